The summed E-state index contributed by atoms with van der Waals surface area (Å²) in [5.74, 6) is 1.21. The molecule has 0 radical (unpaired) electrons. The lowest BCUT2D eigenvalue weighted by Gasteiger charge is -2.08. The van der Waals surface area contributed by atoms with Crippen LogP contribution in [0.2, 0.25) is 10.2 Å². The van der Waals surface area contributed by atoms with Gasteiger partial charge in [0.15, 0.2) is 0 Å². The monoisotopic (exact) mass is 377 g/mol. The van der Waals surface area contributed by atoms with Crippen molar-refractivity contribution in [1.82, 2.24) is 19.5 Å². The molecular weight excluding hydrogens is 361 g/mol. The van der Waals surface area contributed by atoms with Crippen LogP contribution in [-0.2, 0) is 13.6 Å². The third-order valence-electron chi connectivity index (χ3n) is 4.10. The number of halogens is 2. The molecular formula is C17H17Cl2N5O. The van der Waals surface area contributed by atoms with Gasteiger partial charge in [0, 0.05) is 35.8 Å². The van der Waals surface area contributed by atoms with E-state index in [1.807, 2.05) is 36.7 Å². The summed E-state index contributed by atoms with van der Waals surface area (Å²) in [5, 5.41) is 4.24. The van der Waals surface area contributed by atoms with Crippen LogP contribution in [0.4, 0.5) is 5.82 Å². The summed E-state index contributed by atoms with van der Waals surface area (Å²) >= 11 is 12.1. The first-order chi connectivity index (χ1) is 11.9. The van der Waals surface area contributed by atoms with E-state index in [1.54, 1.807) is 13.1 Å². The van der Waals surface area contributed by atoms with Gasteiger partial charge < -0.3 is 14.9 Å². The first-order valence-corrected chi connectivity index (χ1v) is 8.40. The maximum Gasteiger partial charge on any atom is 0.254 e. The third kappa shape index (κ3) is 3.55. The van der Waals surface area contributed by atoms with Crippen molar-refractivity contribution in [1.29, 1.82) is 0 Å². The van der Waals surface area contributed by atoms with Gasteiger partial charge in [-0.1, -0.05) is 23.2 Å². The lowest BCUT2D eigenvalue weighted by Crippen LogP contribution is -2.14. The number of aromatic amines is 1. The summed E-state index contributed by atoms with van der Waals surface area (Å²) in [7, 11) is 1.85. The van der Waals surface area contributed by atoms with Gasteiger partial charge >= 0.3 is 0 Å². The highest BCUT2D eigenvalue weighted by atomic mass is 35.5. The molecule has 3 aromatic rings. The van der Waals surface area contributed by atoms with E-state index in [1.165, 1.54) is 0 Å². The molecule has 0 spiro atoms. The van der Waals surface area contributed by atoms with E-state index in [4.69, 9.17) is 23.2 Å². The average molecular weight is 378 g/mol. The summed E-state index contributed by atoms with van der Waals surface area (Å²) in [6.07, 6.45) is 1.67. The fourth-order valence-corrected chi connectivity index (χ4v) is 2.78. The number of aromatic nitrogens is 4. The van der Waals surface area contributed by atoms with E-state index < -0.39 is 0 Å². The maximum absolute atomic E-state index is 11.9. The Labute approximate surface area is 154 Å². The number of hydrogen-bond acceptors (Lipinski definition) is 4. The predicted octanol–water partition coefficient (Wildman–Crippen LogP) is 3.71. The molecule has 0 aliphatic heterocycles. The first kappa shape index (κ1) is 17.5. The standard InChI is InChI=1S/C17H17Cl2N5O/c1-9-10(2)22-16(23-17(9)25)11-4-5-14(20-7-11)21-8-12-6-13(18)15(19)24(12)3/h4-7H,8H2,1-3H3,(H,20,21)(H,22,23,25). The van der Waals surface area contributed by atoms with Crippen molar-refractivity contribution in [2.24, 2.45) is 7.05 Å². The van der Waals surface area contributed by atoms with Gasteiger partial charge in [0.25, 0.3) is 5.56 Å². The zero-order valence-corrected chi connectivity index (χ0v) is 15.5. The molecule has 0 saturated carbocycles. The molecule has 2 N–H and O–H groups in total. The van der Waals surface area contributed by atoms with Crippen molar-refractivity contribution in [3.8, 4) is 11.4 Å². The topological polar surface area (TPSA) is 75.6 Å². The van der Waals surface area contributed by atoms with Crippen molar-refractivity contribution >= 4 is 29.0 Å². The SMILES string of the molecule is Cc1nc(-c2ccc(NCc3cc(Cl)c(Cl)n3C)nc2)[nH]c(=O)c1C. The molecule has 3 aromatic heterocycles. The van der Waals surface area contributed by atoms with E-state index in [0.29, 0.717) is 39.6 Å². The van der Waals surface area contributed by atoms with E-state index in [9.17, 15) is 4.79 Å². The average Bonchev–Trinajstić information content (AvgIpc) is 2.85. The highest BCUT2D eigenvalue weighted by molar-refractivity contribution is 6.41. The molecule has 0 aromatic carbocycles. The quantitative estimate of drug-likeness (QED) is 0.726. The Balaban J connectivity index is 1.76. The Morgan fingerprint density at radius 3 is 2.60 bits per heavy atom. The smallest absolute Gasteiger partial charge is 0.254 e. The van der Waals surface area contributed by atoms with Crippen LogP contribution < -0.4 is 10.9 Å². The maximum atomic E-state index is 11.9. The molecule has 0 bridgehead atoms. The van der Waals surface area contributed by atoms with Crippen LogP contribution in [0.1, 0.15) is 17.0 Å². The van der Waals surface area contributed by atoms with Crippen LogP contribution in [0.3, 0.4) is 0 Å². The van der Waals surface area contributed by atoms with Gasteiger partial charge in [0.2, 0.25) is 0 Å². The van der Waals surface area contributed by atoms with Crippen molar-refractivity contribution in [3.63, 3.8) is 0 Å². The molecule has 0 aliphatic rings. The Bertz CT molecular complexity index is 976. The number of anilines is 1. The Kier molecular flexibility index (Phi) is 4.83. The molecule has 0 fully saturated rings. The van der Waals surface area contributed by atoms with Crippen molar-refractivity contribution in [2.75, 3.05) is 5.32 Å². The molecule has 0 atom stereocenters. The lowest BCUT2D eigenvalue weighted by molar-refractivity contribution is 0.841. The summed E-state index contributed by atoms with van der Waals surface area (Å²) in [6.45, 7) is 4.10. The number of hydrogen-bond donors (Lipinski definition) is 2. The number of aryl methyl sites for hydroxylation is 1. The number of nitrogens with one attached hydrogen (secondary N) is 2. The largest absolute Gasteiger partial charge is 0.364 e. The predicted molar refractivity (Wildman–Crippen MR) is 100 cm³/mol. The van der Waals surface area contributed by atoms with E-state index in [2.05, 4.69) is 20.3 Å². The van der Waals surface area contributed by atoms with Gasteiger partial charge in [-0.15, -0.1) is 0 Å². The van der Waals surface area contributed by atoms with Crippen molar-refractivity contribution in [3.05, 3.63) is 61.9 Å². The Morgan fingerprint density at radius 1 is 1.28 bits per heavy atom. The molecule has 25 heavy (non-hydrogen) atoms. The normalized spacial score (nSPS) is 10.9. The van der Waals surface area contributed by atoms with Crippen molar-refractivity contribution < 1.29 is 0 Å². The van der Waals surface area contributed by atoms with Gasteiger partial charge in [0.05, 0.1) is 11.6 Å². The first-order valence-electron chi connectivity index (χ1n) is 7.64. The zero-order valence-electron chi connectivity index (χ0n) is 14.0. The molecule has 8 heteroatoms. The van der Waals surface area contributed by atoms with E-state index >= 15 is 0 Å². The highest BCUT2D eigenvalue weighted by Crippen LogP contribution is 2.25. The number of rotatable bonds is 4. The van der Waals surface area contributed by atoms with Crippen LogP contribution in [0, 0.1) is 13.8 Å². The molecule has 3 rings (SSSR count). The minimum atomic E-state index is -0.137. The van der Waals surface area contributed by atoms with E-state index in [0.717, 1.165) is 11.3 Å². The van der Waals surface area contributed by atoms with Crippen LogP contribution in [0.25, 0.3) is 11.4 Å². The number of pyridine rings is 1. The Hall–Kier alpha value is -2.31. The second kappa shape index (κ2) is 6.90. The minimum absolute atomic E-state index is 0.137. The molecule has 0 unspecified atom stereocenters. The molecule has 130 valence electrons. The summed E-state index contributed by atoms with van der Waals surface area (Å²) in [6, 6.07) is 5.50. The van der Waals surface area contributed by atoms with Gasteiger partial charge in [-0.05, 0) is 32.0 Å². The van der Waals surface area contributed by atoms with Crippen LogP contribution >= 0.6 is 23.2 Å². The second-order valence-corrected chi connectivity index (χ2v) is 6.51. The van der Waals surface area contributed by atoms with Gasteiger partial charge in [-0.3, -0.25) is 4.79 Å². The molecule has 0 aliphatic carbocycles. The van der Waals surface area contributed by atoms with Crippen LogP contribution in [0.15, 0.2) is 29.2 Å². The van der Waals surface area contributed by atoms with Crippen molar-refractivity contribution in [2.45, 2.75) is 20.4 Å². The van der Waals surface area contributed by atoms with Gasteiger partial charge in [-0.2, -0.15) is 0 Å². The summed E-state index contributed by atoms with van der Waals surface area (Å²) in [4.78, 5) is 23.4. The minimum Gasteiger partial charge on any atom is -0.364 e. The second-order valence-electron chi connectivity index (χ2n) is 5.74. The van der Waals surface area contributed by atoms with Crippen LogP contribution in [0.5, 0.6) is 0 Å². The zero-order chi connectivity index (χ0) is 18.1. The third-order valence-corrected chi connectivity index (χ3v) is 4.94. The molecule has 6 nitrogen and oxygen atoms in total. The number of nitrogens with zero attached hydrogens (tertiary/aromatic N) is 3. The fourth-order valence-electron chi connectivity index (χ4n) is 2.36. The fraction of sp³-hybridized carbons (Fsp3) is 0.235. The molecule has 0 amide bonds. The molecule has 3 heterocycles. The van der Waals surface area contributed by atoms with Gasteiger partial charge in [-0.25, -0.2) is 9.97 Å². The molecule has 0 saturated heterocycles. The highest BCUT2D eigenvalue weighted by Gasteiger charge is 2.09. The summed E-state index contributed by atoms with van der Waals surface area (Å²) < 4.78 is 1.81. The summed E-state index contributed by atoms with van der Waals surface area (Å²) in [5.41, 5.74) is 2.88. The number of H-pyrrole nitrogens is 1. The lowest BCUT2D eigenvalue weighted by atomic mass is 10.2. The Morgan fingerprint density at radius 2 is 2.04 bits per heavy atom. The van der Waals surface area contributed by atoms with E-state index in [-0.39, 0.29) is 5.56 Å². The van der Waals surface area contributed by atoms with Crippen LogP contribution in [-0.4, -0.2) is 19.5 Å². The van der Waals surface area contributed by atoms with Gasteiger partial charge in [0.1, 0.15) is 16.8 Å².